The molecule has 1 heterocycles. The van der Waals surface area contributed by atoms with Gasteiger partial charge in [0.1, 0.15) is 36.8 Å². The van der Waals surface area contributed by atoms with Crippen molar-refractivity contribution in [2.24, 2.45) is 0 Å². The van der Waals surface area contributed by atoms with Gasteiger partial charge in [-0.25, -0.2) is 0 Å². The van der Waals surface area contributed by atoms with E-state index in [1.165, 1.54) is 141 Å². The molecule has 6 unspecified atom stereocenters. The van der Waals surface area contributed by atoms with Gasteiger partial charge < -0.3 is 34.3 Å². The Balaban J connectivity index is 2.35. The van der Waals surface area contributed by atoms with Crippen molar-refractivity contribution in [3.63, 3.8) is 0 Å². The number of unbranched alkanes of at least 4 members (excludes halogenated alkanes) is 30. The molecule has 0 amide bonds. The SMILES string of the molecule is CCCCCCCC/C=C\CCCCCCCC(=O)OC(COC(=O)CCCCCCCCCCCCCCCCCCCCCC)COC1OC(CS(=O)(=O)O)C(O)C(O)C1O. The van der Waals surface area contributed by atoms with E-state index in [0.717, 1.165) is 57.8 Å². The van der Waals surface area contributed by atoms with Crippen LogP contribution in [-0.2, 0) is 38.7 Å². The van der Waals surface area contributed by atoms with Crippen molar-refractivity contribution in [3.05, 3.63) is 12.2 Å². The lowest BCUT2D eigenvalue weighted by Gasteiger charge is -2.40. The molecule has 0 spiro atoms. The van der Waals surface area contributed by atoms with E-state index in [-0.39, 0.29) is 19.4 Å². The summed E-state index contributed by atoms with van der Waals surface area (Å²) in [6.45, 7) is 3.79. The van der Waals surface area contributed by atoms with Gasteiger partial charge in [-0.3, -0.25) is 14.1 Å². The Morgan fingerprint density at radius 3 is 1.32 bits per heavy atom. The third-order valence-corrected chi connectivity index (χ3v) is 12.8. The van der Waals surface area contributed by atoms with Crippen molar-refractivity contribution in [3.8, 4) is 0 Å². The number of hydrogen-bond acceptors (Lipinski definition) is 11. The Kier molecular flexibility index (Phi) is 38.3. The summed E-state index contributed by atoms with van der Waals surface area (Å²) < 4.78 is 54.2. The first-order valence-electron chi connectivity index (χ1n) is 25.7. The molecule has 63 heavy (non-hydrogen) atoms. The maximum Gasteiger partial charge on any atom is 0.306 e. The second-order valence-electron chi connectivity index (χ2n) is 18.2. The monoisotopic (exact) mass is 919 g/mol. The van der Waals surface area contributed by atoms with Gasteiger partial charge in [0.2, 0.25) is 0 Å². The zero-order valence-electron chi connectivity index (χ0n) is 40.0. The summed E-state index contributed by atoms with van der Waals surface area (Å²) in [5, 5.41) is 30.9. The van der Waals surface area contributed by atoms with Crippen LogP contribution in [0.2, 0.25) is 0 Å². The van der Waals surface area contributed by atoms with E-state index >= 15 is 0 Å². The predicted molar refractivity (Wildman–Crippen MR) is 252 cm³/mol. The number of carbonyl (C=O) groups excluding carboxylic acids is 2. The van der Waals surface area contributed by atoms with E-state index in [1.54, 1.807) is 0 Å². The van der Waals surface area contributed by atoms with Crippen LogP contribution in [0.25, 0.3) is 0 Å². The highest BCUT2D eigenvalue weighted by Gasteiger charge is 2.46. The molecular formula is C50H94O12S. The molecule has 1 fully saturated rings. The summed E-state index contributed by atoms with van der Waals surface area (Å²) in [5.41, 5.74) is 0. The highest BCUT2D eigenvalue weighted by Crippen LogP contribution is 2.24. The smallest absolute Gasteiger partial charge is 0.306 e. The summed E-state index contributed by atoms with van der Waals surface area (Å²) in [6.07, 6.45) is 35.4. The highest BCUT2D eigenvalue weighted by molar-refractivity contribution is 7.85. The Labute approximate surface area is 384 Å². The van der Waals surface area contributed by atoms with Crippen LogP contribution in [0.1, 0.15) is 239 Å². The van der Waals surface area contributed by atoms with Gasteiger partial charge in [0.15, 0.2) is 12.4 Å². The molecule has 13 heteroatoms. The van der Waals surface area contributed by atoms with Crippen LogP contribution in [0.4, 0.5) is 0 Å². The first kappa shape index (κ1) is 59.4. The lowest BCUT2D eigenvalue weighted by atomic mass is 10.00. The minimum Gasteiger partial charge on any atom is -0.462 e. The van der Waals surface area contributed by atoms with Crippen LogP contribution in [-0.4, -0.2) is 96.0 Å². The highest BCUT2D eigenvalue weighted by atomic mass is 32.2. The van der Waals surface area contributed by atoms with E-state index < -0.39 is 71.2 Å². The van der Waals surface area contributed by atoms with Crippen molar-refractivity contribution in [2.75, 3.05) is 19.0 Å². The minimum absolute atomic E-state index is 0.159. The predicted octanol–water partition coefficient (Wildman–Crippen LogP) is 11.4. The summed E-state index contributed by atoms with van der Waals surface area (Å²) in [4.78, 5) is 25.5. The average Bonchev–Trinajstić information content (AvgIpc) is 3.25. The molecule has 0 saturated carbocycles. The molecule has 1 saturated heterocycles. The zero-order chi connectivity index (χ0) is 46.2. The average molecular weight is 919 g/mol. The van der Waals surface area contributed by atoms with E-state index in [1.807, 2.05) is 0 Å². The number of ether oxygens (including phenoxy) is 4. The molecule has 1 aliphatic rings. The second-order valence-corrected chi connectivity index (χ2v) is 19.7. The summed E-state index contributed by atoms with van der Waals surface area (Å²) >= 11 is 0. The van der Waals surface area contributed by atoms with Crippen LogP contribution in [0.15, 0.2) is 12.2 Å². The molecule has 0 bridgehead atoms. The minimum atomic E-state index is -4.60. The van der Waals surface area contributed by atoms with Gasteiger partial charge in [-0.1, -0.05) is 199 Å². The Morgan fingerprint density at radius 1 is 0.524 bits per heavy atom. The first-order chi connectivity index (χ1) is 30.5. The molecule has 0 aromatic carbocycles. The lowest BCUT2D eigenvalue weighted by Crippen LogP contribution is -2.60. The van der Waals surface area contributed by atoms with Crippen molar-refractivity contribution < 1.29 is 56.8 Å². The molecule has 372 valence electrons. The normalized spacial score (nSPS) is 19.7. The summed E-state index contributed by atoms with van der Waals surface area (Å²) in [5.74, 6) is -1.98. The van der Waals surface area contributed by atoms with E-state index in [2.05, 4.69) is 26.0 Å². The Bertz CT molecular complexity index is 1210. The zero-order valence-corrected chi connectivity index (χ0v) is 40.8. The van der Waals surface area contributed by atoms with Gasteiger partial charge in [-0.15, -0.1) is 0 Å². The molecule has 0 aromatic rings. The fourth-order valence-corrected chi connectivity index (χ4v) is 8.78. The molecular weight excluding hydrogens is 825 g/mol. The number of allylic oxidation sites excluding steroid dienone is 2. The lowest BCUT2D eigenvalue weighted by molar-refractivity contribution is -0.297. The maximum absolute atomic E-state index is 12.8. The quantitative estimate of drug-likeness (QED) is 0.0196. The van der Waals surface area contributed by atoms with Crippen LogP contribution in [0.5, 0.6) is 0 Å². The van der Waals surface area contributed by atoms with Crippen LogP contribution < -0.4 is 0 Å². The van der Waals surface area contributed by atoms with Gasteiger partial charge in [0.25, 0.3) is 10.1 Å². The Hall–Kier alpha value is -1.61. The van der Waals surface area contributed by atoms with Gasteiger partial charge in [-0.05, 0) is 38.5 Å². The standard InChI is InChI=1S/C50H94O12S/c1-3-5-7-9-11-13-15-17-19-20-21-22-23-25-26-28-30-32-34-36-38-45(51)59-40-43(41-60-50-49(55)48(54)47(53)44(62-50)42-63(56,57)58)61-46(52)39-37-35-33-31-29-27-24-18-16-14-12-10-8-6-4-2/h18,24,43-44,47-50,53-55H,3-17,19-23,25-42H2,1-2H3,(H,56,57,58)/b24-18-. The molecule has 12 nitrogen and oxygen atoms in total. The third kappa shape index (κ3) is 35.3. The number of aliphatic hydroxyl groups is 3. The van der Waals surface area contributed by atoms with E-state index in [9.17, 15) is 37.9 Å². The van der Waals surface area contributed by atoms with Crippen LogP contribution >= 0.6 is 0 Å². The summed E-state index contributed by atoms with van der Waals surface area (Å²) in [6, 6.07) is 0. The topological polar surface area (TPSA) is 186 Å². The van der Waals surface area contributed by atoms with Crippen LogP contribution in [0.3, 0.4) is 0 Å². The molecule has 4 N–H and O–H groups in total. The second kappa shape index (κ2) is 40.6. The largest absolute Gasteiger partial charge is 0.462 e. The van der Waals surface area contributed by atoms with E-state index in [4.69, 9.17) is 18.9 Å². The van der Waals surface area contributed by atoms with Gasteiger partial charge in [0.05, 0.1) is 6.61 Å². The van der Waals surface area contributed by atoms with Gasteiger partial charge >= 0.3 is 11.9 Å². The molecule has 0 radical (unpaired) electrons. The molecule has 1 aliphatic heterocycles. The fraction of sp³-hybridized carbons (Fsp3) is 0.920. The van der Waals surface area contributed by atoms with Crippen molar-refractivity contribution in [1.82, 2.24) is 0 Å². The van der Waals surface area contributed by atoms with Crippen molar-refractivity contribution in [1.29, 1.82) is 0 Å². The summed E-state index contributed by atoms with van der Waals surface area (Å²) in [7, 11) is -4.60. The third-order valence-electron chi connectivity index (χ3n) is 12.1. The van der Waals surface area contributed by atoms with Gasteiger partial charge in [-0.2, -0.15) is 8.42 Å². The number of rotatable bonds is 44. The van der Waals surface area contributed by atoms with Crippen LogP contribution in [0, 0.1) is 0 Å². The number of carbonyl (C=O) groups is 2. The van der Waals surface area contributed by atoms with Crippen molar-refractivity contribution in [2.45, 2.75) is 275 Å². The molecule has 0 aliphatic carbocycles. The molecule has 6 atom stereocenters. The number of aliphatic hydroxyl groups excluding tert-OH is 3. The Morgan fingerprint density at radius 2 is 0.905 bits per heavy atom. The van der Waals surface area contributed by atoms with E-state index in [0.29, 0.717) is 12.8 Å². The molecule has 1 rings (SSSR count). The first-order valence-corrected chi connectivity index (χ1v) is 27.4. The maximum atomic E-state index is 12.8. The van der Waals surface area contributed by atoms with Gasteiger partial charge in [0, 0.05) is 12.8 Å². The number of esters is 2. The van der Waals surface area contributed by atoms with Crippen molar-refractivity contribution >= 4 is 22.1 Å². The number of hydrogen-bond donors (Lipinski definition) is 4. The molecule has 0 aromatic heterocycles. The fourth-order valence-electron chi connectivity index (χ4n) is 8.09.